The SMILES string of the molecule is CC1CCN(C(=O)c2ccc(Cl)c(S(=O)(=O)N3CCc4ccccc43)c2)CC1. The highest BCUT2D eigenvalue weighted by Gasteiger charge is 2.33. The molecule has 148 valence electrons. The number of fused-ring (bicyclic) bond motifs is 1. The van der Waals surface area contributed by atoms with Gasteiger partial charge in [0, 0.05) is 25.2 Å². The molecule has 2 aliphatic rings. The summed E-state index contributed by atoms with van der Waals surface area (Å²) in [6.45, 7) is 3.96. The number of para-hydroxylation sites is 1. The number of hydrogen-bond acceptors (Lipinski definition) is 3. The third kappa shape index (κ3) is 3.40. The van der Waals surface area contributed by atoms with Crippen LogP contribution in [0.15, 0.2) is 47.4 Å². The Hall–Kier alpha value is -2.05. The molecule has 0 radical (unpaired) electrons. The number of carbonyl (C=O) groups excluding carboxylic acids is 1. The minimum absolute atomic E-state index is 0.0119. The third-order valence-electron chi connectivity index (χ3n) is 5.66. The number of anilines is 1. The summed E-state index contributed by atoms with van der Waals surface area (Å²) in [7, 11) is -3.85. The van der Waals surface area contributed by atoms with Crippen LogP contribution in [0.1, 0.15) is 35.7 Å². The minimum atomic E-state index is -3.85. The largest absolute Gasteiger partial charge is 0.339 e. The molecule has 0 aromatic heterocycles. The van der Waals surface area contributed by atoms with Crippen molar-refractivity contribution in [3.63, 3.8) is 0 Å². The maximum absolute atomic E-state index is 13.3. The van der Waals surface area contributed by atoms with Crippen LogP contribution in [0.25, 0.3) is 0 Å². The van der Waals surface area contributed by atoms with Gasteiger partial charge in [-0.2, -0.15) is 0 Å². The lowest BCUT2D eigenvalue weighted by molar-refractivity contribution is 0.0697. The van der Waals surface area contributed by atoms with E-state index in [0.29, 0.717) is 43.2 Å². The van der Waals surface area contributed by atoms with Crippen molar-refractivity contribution in [3.8, 4) is 0 Å². The van der Waals surface area contributed by atoms with Crippen molar-refractivity contribution in [2.75, 3.05) is 23.9 Å². The molecule has 2 heterocycles. The van der Waals surface area contributed by atoms with Crippen molar-refractivity contribution in [2.45, 2.75) is 31.1 Å². The Balaban J connectivity index is 1.67. The van der Waals surface area contributed by atoms with Crippen molar-refractivity contribution in [2.24, 2.45) is 5.92 Å². The first kappa shape index (κ1) is 19.3. The predicted octanol–water partition coefficient (Wildman–Crippen LogP) is 3.96. The monoisotopic (exact) mass is 418 g/mol. The summed E-state index contributed by atoms with van der Waals surface area (Å²) < 4.78 is 28.0. The van der Waals surface area contributed by atoms with E-state index in [1.807, 2.05) is 18.2 Å². The van der Waals surface area contributed by atoms with Gasteiger partial charge in [-0.05, 0) is 55.0 Å². The molecule has 7 heteroatoms. The fourth-order valence-corrected chi connectivity index (χ4v) is 5.91. The molecule has 2 aliphatic heterocycles. The van der Waals surface area contributed by atoms with Crippen LogP contribution in [-0.4, -0.2) is 38.9 Å². The molecule has 1 amide bonds. The second kappa shape index (κ2) is 7.41. The lowest BCUT2D eigenvalue weighted by atomic mass is 9.98. The van der Waals surface area contributed by atoms with Gasteiger partial charge in [-0.25, -0.2) is 8.42 Å². The van der Waals surface area contributed by atoms with Gasteiger partial charge in [0.05, 0.1) is 10.7 Å². The van der Waals surface area contributed by atoms with Crippen LogP contribution in [-0.2, 0) is 16.4 Å². The van der Waals surface area contributed by atoms with Crippen molar-refractivity contribution < 1.29 is 13.2 Å². The number of nitrogens with zero attached hydrogens (tertiary/aromatic N) is 2. The zero-order valence-electron chi connectivity index (χ0n) is 15.8. The topological polar surface area (TPSA) is 57.7 Å². The van der Waals surface area contributed by atoms with E-state index < -0.39 is 10.0 Å². The number of hydrogen-bond donors (Lipinski definition) is 0. The zero-order chi connectivity index (χ0) is 19.9. The summed E-state index contributed by atoms with van der Waals surface area (Å²) in [4.78, 5) is 14.7. The second-order valence-corrected chi connectivity index (χ2v) is 9.81. The average Bonchev–Trinajstić information content (AvgIpc) is 3.13. The number of carbonyl (C=O) groups is 1. The number of piperidine rings is 1. The highest BCUT2D eigenvalue weighted by atomic mass is 35.5. The normalized spacial score (nSPS) is 17.6. The fourth-order valence-electron chi connectivity index (χ4n) is 3.90. The summed E-state index contributed by atoms with van der Waals surface area (Å²) in [5, 5.41) is 0.133. The van der Waals surface area contributed by atoms with E-state index in [2.05, 4.69) is 6.92 Å². The van der Waals surface area contributed by atoms with E-state index in [1.165, 1.54) is 16.4 Å². The van der Waals surface area contributed by atoms with E-state index in [4.69, 9.17) is 11.6 Å². The number of rotatable bonds is 3. The van der Waals surface area contributed by atoms with E-state index in [0.717, 1.165) is 18.4 Å². The highest BCUT2D eigenvalue weighted by molar-refractivity contribution is 7.93. The van der Waals surface area contributed by atoms with Gasteiger partial charge >= 0.3 is 0 Å². The molecule has 1 fully saturated rings. The van der Waals surface area contributed by atoms with E-state index >= 15 is 0 Å². The summed E-state index contributed by atoms with van der Waals surface area (Å²) >= 11 is 6.27. The molecule has 0 unspecified atom stereocenters. The van der Waals surface area contributed by atoms with Gasteiger partial charge in [-0.3, -0.25) is 9.10 Å². The molecule has 0 atom stereocenters. The summed E-state index contributed by atoms with van der Waals surface area (Å²) in [6, 6.07) is 12.0. The molecule has 2 aromatic rings. The van der Waals surface area contributed by atoms with Gasteiger partial charge in [0.15, 0.2) is 0 Å². The average molecular weight is 419 g/mol. The Morgan fingerprint density at radius 2 is 1.79 bits per heavy atom. The maximum Gasteiger partial charge on any atom is 0.265 e. The van der Waals surface area contributed by atoms with Crippen molar-refractivity contribution >= 4 is 33.2 Å². The number of sulfonamides is 1. The number of amides is 1. The summed E-state index contributed by atoms with van der Waals surface area (Å²) in [5.74, 6) is 0.474. The number of benzene rings is 2. The van der Waals surface area contributed by atoms with Gasteiger partial charge in [-0.15, -0.1) is 0 Å². The van der Waals surface area contributed by atoms with Crippen LogP contribution in [0, 0.1) is 5.92 Å². The fraction of sp³-hybridized carbons (Fsp3) is 0.381. The van der Waals surface area contributed by atoms with Gasteiger partial charge in [-0.1, -0.05) is 36.7 Å². The Morgan fingerprint density at radius 1 is 1.07 bits per heavy atom. The van der Waals surface area contributed by atoms with Crippen molar-refractivity contribution in [1.82, 2.24) is 4.90 Å². The zero-order valence-corrected chi connectivity index (χ0v) is 17.3. The Bertz CT molecular complexity index is 1010. The molecule has 5 nitrogen and oxygen atoms in total. The van der Waals surface area contributed by atoms with Crippen LogP contribution >= 0.6 is 11.6 Å². The molecule has 2 aromatic carbocycles. The quantitative estimate of drug-likeness (QED) is 0.757. The first-order valence-electron chi connectivity index (χ1n) is 9.57. The van der Waals surface area contributed by atoms with E-state index in [1.54, 1.807) is 17.0 Å². The van der Waals surface area contributed by atoms with Crippen LogP contribution in [0.5, 0.6) is 0 Å². The maximum atomic E-state index is 13.3. The molecule has 4 rings (SSSR count). The molecule has 0 N–H and O–H groups in total. The first-order valence-corrected chi connectivity index (χ1v) is 11.4. The van der Waals surface area contributed by atoms with Crippen LogP contribution in [0.2, 0.25) is 5.02 Å². The molecule has 28 heavy (non-hydrogen) atoms. The highest BCUT2D eigenvalue weighted by Crippen LogP contribution is 2.35. The van der Waals surface area contributed by atoms with Crippen molar-refractivity contribution in [3.05, 3.63) is 58.6 Å². The summed E-state index contributed by atoms with van der Waals surface area (Å²) in [5.41, 5.74) is 2.04. The number of likely N-dealkylation sites (tertiary alicyclic amines) is 1. The lowest BCUT2D eigenvalue weighted by Crippen LogP contribution is -2.38. The molecule has 0 bridgehead atoms. The Morgan fingerprint density at radius 3 is 2.54 bits per heavy atom. The standard InChI is InChI=1S/C21H23ClN2O3S/c1-15-8-11-23(12-9-15)21(25)17-6-7-18(22)20(14-17)28(26,27)24-13-10-16-4-2-3-5-19(16)24/h2-7,14-15H,8-13H2,1H3. The smallest absolute Gasteiger partial charge is 0.265 e. The molecular formula is C21H23ClN2O3S. The Labute approximate surface area is 171 Å². The third-order valence-corrected chi connectivity index (χ3v) is 7.96. The second-order valence-electron chi connectivity index (χ2n) is 7.58. The Kier molecular flexibility index (Phi) is 5.10. The van der Waals surface area contributed by atoms with Crippen LogP contribution in [0.4, 0.5) is 5.69 Å². The lowest BCUT2D eigenvalue weighted by Gasteiger charge is -2.30. The van der Waals surface area contributed by atoms with E-state index in [9.17, 15) is 13.2 Å². The predicted molar refractivity (Wildman–Crippen MR) is 110 cm³/mol. The first-order chi connectivity index (χ1) is 13.4. The van der Waals surface area contributed by atoms with Gasteiger partial charge in [0.25, 0.3) is 15.9 Å². The van der Waals surface area contributed by atoms with Gasteiger partial charge in [0.2, 0.25) is 0 Å². The molecule has 1 saturated heterocycles. The van der Waals surface area contributed by atoms with E-state index in [-0.39, 0.29) is 15.8 Å². The van der Waals surface area contributed by atoms with Crippen LogP contribution in [0.3, 0.4) is 0 Å². The number of halogens is 1. The van der Waals surface area contributed by atoms with Gasteiger partial charge < -0.3 is 4.90 Å². The minimum Gasteiger partial charge on any atom is -0.339 e. The van der Waals surface area contributed by atoms with Gasteiger partial charge in [0.1, 0.15) is 4.90 Å². The molecule has 0 spiro atoms. The molecular weight excluding hydrogens is 396 g/mol. The molecule has 0 saturated carbocycles. The van der Waals surface area contributed by atoms with Crippen LogP contribution < -0.4 is 4.31 Å². The molecule has 0 aliphatic carbocycles. The summed E-state index contributed by atoms with van der Waals surface area (Å²) in [6.07, 6.45) is 2.60. The van der Waals surface area contributed by atoms with Crippen molar-refractivity contribution in [1.29, 1.82) is 0 Å².